The van der Waals surface area contributed by atoms with Crippen molar-refractivity contribution in [2.45, 2.75) is 46.6 Å². The van der Waals surface area contributed by atoms with Crippen LogP contribution in [0.25, 0.3) is 0 Å². The highest BCUT2D eigenvalue weighted by atomic mass is 16.5. The number of rotatable bonds is 6. The number of hydrogen-bond acceptors (Lipinski definition) is 2. The zero-order valence-corrected chi connectivity index (χ0v) is 11.6. The Bertz CT molecular complexity index is 412. The maximum absolute atomic E-state index is 10.7. The van der Waals surface area contributed by atoms with Crippen LogP contribution in [0.1, 0.15) is 37.8 Å². The number of aryl methyl sites for hydroxylation is 2. The zero-order chi connectivity index (χ0) is 13.7. The Kier molecular flexibility index (Phi) is 5.20. The minimum absolute atomic E-state index is 0.0345. The maximum atomic E-state index is 10.7. The molecule has 1 aromatic rings. The van der Waals surface area contributed by atoms with Crippen molar-refractivity contribution in [3.63, 3.8) is 0 Å². The molecule has 2 atom stereocenters. The summed E-state index contributed by atoms with van der Waals surface area (Å²) in [7, 11) is 0. The largest absolute Gasteiger partial charge is 0.490 e. The summed E-state index contributed by atoms with van der Waals surface area (Å²) in [5.74, 6) is -0.158. The Labute approximate surface area is 109 Å². The molecule has 0 saturated heterocycles. The molecule has 0 bridgehead atoms. The second-order valence-corrected chi connectivity index (χ2v) is 5.01. The molecule has 3 heteroatoms. The van der Waals surface area contributed by atoms with E-state index in [0.29, 0.717) is 6.42 Å². The van der Waals surface area contributed by atoms with E-state index in [1.165, 1.54) is 5.56 Å². The second kappa shape index (κ2) is 6.43. The van der Waals surface area contributed by atoms with Crippen LogP contribution in [0.2, 0.25) is 0 Å². The van der Waals surface area contributed by atoms with Crippen LogP contribution in [-0.2, 0) is 4.79 Å². The molecule has 1 aromatic carbocycles. The van der Waals surface area contributed by atoms with Crippen molar-refractivity contribution in [1.29, 1.82) is 0 Å². The molecule has 0 amide bonds. The number of hydrogen-bond donors (Lipinski definition) is 1. The Morgan fingerprint density at radius 3 is 2.56 bits per heavy atom. The van der Waals surface area contributed by atoms with Crippen LogP contribution >= 0.6 is 0 Å². The van der Waals surface area contributed by atoms with Gasteiger partial charge in [0.15, 0.2) is 0 Å². The molecule has 0 aromatic heterocycles. The Morgan fingerprint density at radius 2 is 1.94 bits per heavy atom. The molecular formula is C15H22O3. The molecule has 18 heavy (non-hydrogen) atoms. The summed E-state index contributed by atoms with van der Waals surface area (Å²) in [6.45, 7) is 7.76. The highest BCUT2D eigenvalue weighted by Gasteiger charge is 2.14. The van der Waals surface area contributed by atoms with Gasteiger partial charge in [-0.1, -0.05) is 19.1 Å². The van der Waals surface area contributed by atoms with E-state index in [-0.39, 0.29) is 12.0 Å². The average molecular weight is 250 g/mol. The normalized spacial score (nSPS) is 14.0. The van der Waals surface area contributed by atoms with Crippen LogP contribution < -0.4 is 4.74 Å². The summed E-state index contributed by atoms with van der Waals surface area (Å²) in [5.41, 5.74) is 2.28. The van der Waals surface area contributed by atoms with Gasteiger partial charge in [0.05, 0.1) is 12.0 Å². The van der Waals surface area contributed by atoms with Gasteiger partial charge >= 0.3 is 5.97 Å². The number of carboxylic acid groups (broad SMARTS) is 1. The van der Waals surface area contributed by atoms with E-state index < -0.39 is 5.97 Å². The first-order chi connectivity index (χ1) is 8.40. The number of benzene rings is 1. The van der Waals surface area contributed by atoms with Crippen molar-refractivity contribution in [3.05, 3.63) is 29.3 Å². The van der Waals surface area contributed by atoms with Gasteiger partial charge in [-0.2, -0.15) is 0 Å². The van der Waals surface area contributed by atoms with E-state index in [1.54, 1.807) is 6.92 Å². The van der Waals surface area contributed by atoms with Crippen molar-refractivity contribution >= 4 is 5.97 Å². The number of carbonyl (C=O) groups is 1. The van der Waals surface area contributed by atoms with Gasteiger partial charge < -0.3 is 9.84 Å². The van der Waals surface area contributed by atoms with E-state index in [2.05, 4.69) is 6.07 Å². The lowest BCUT2D eigenvalue weighted by Crippen LogP contribution is -2.17. The SMILES string of the molecule is Cc1ccc(C)c(OC(C)CCC(C)C(=O)O)c1. The number of aliphatic carboxylic acids is 1. The van der Waals surface area contributed by atoms with Crippen molar-refractivity contribution in [2.24, 2.45) is 5.92 Å². The molecule has 0 aliphatic carbocycles. The molecule has 0 radical (unpaired) electrons. The lowest BCUT2D eigenvalue weighted by molar-refractivity contribution is -0.141. The molecule has 2 unspecified atom stereocenters. The van der Waals surface area contributed by atoms with Crippen molar-refractivity contribution in [1.82, 2.24) is 0 Å². The zero-order valence-electron chi connectivity index (χ0n) is 11.6. The molecule has 0 fully saturated rings. The Hall–Kier alpha value is -1.51. The van der Waals surface area contributed by atoms with Crippen LogP contribution in [-0.4, -0.2) is 17.2 Å². The second-order valence-electron chi connectivity index (χ2n) is 5.01. The minimum atomic E-state index is -0.742. The summed E-state index contributed by atoms with van der Waals surface area (Å²) >= 11 is 0. The van der Waals surface area contributed by atoms with Crippen LogP contribution in [0.15, 0.2) is 18.2 Å². The van der Waals surface area contributed by atoms with Crippen molar-refractivity contribution < 1.29 is 14.6 Å². The first kappa shape index (κ1) is 14.6. The number of carboxylic acids is 1. The molecule has 1 N–H and O–H groups in total. The van der Waals surface area contributed by atoms with Gasteiger partial charge in [0.25, 0.3) is 0 Å². The van der Waals surface area contributed by atoms with Crippen LogP contribution in [0.4, 0.5) is 0 Å². The predicted octanol–water partition coefficient (Wildman–Crippen LogP) is 3.57. The summed E-state index contributed by atoms with van der Waals surface area (Å²) in [4.78, 5) is 10.7. The maximum Gasteiger partial charge on any atom is 0.306 e. The molecule has 0 heterocycles. The summed E-state index contributed by atoms with van der Waals surface area (Å²) in [6.07, 6.45) is 1.43. The smallest absolute Gasteiger partial charge is 0.306 e. The first-order valence-electron chi connectivity index (χ1n) is 6.37. The van der Waals surface area contributed by atoms with Crippen LogP contribution in [0.3, 0.4) is 0 Å². The summed E-state index contributed by atoms with van der Waals surface area (Å²) in [5, 5.41) is 8.82. The van der Waals surface area contributed by atoms with E-state index in [0.717, 1.165) is 17.7 Å². The monoisotopic (exact) mass is 250 g/mol. The van der Waals surface area contributed by atoms with E-state index in [1.807, 2.05) is 32.9 Å². The Balaban J connectivity index is 2.51. The predicted molar refractivity (Wildman–Crippen MR) is 72.0 cm³/mol. The average Bonchev–Trinajstić information content (AvgIpc) is 2.30. The van der Waals surface area contributed by atoms with Gasteiger partial charge in [-0.05, 0) is 50.8 Å². The Morgan fingerprint density at radius 1 is 1.28 bits per heavy atom. The van der Waals surface area contributed by atoms with Gasteiger partial charge in [0, 0.05) is 0 Å². The molecule has 100 valence electrons. The standard InChI is InChI=1S/C15H22O3/c1-10-5-6-11(2)14(9-10)18-13(4)8-7-12(3)15(16)17/h5-6,9,12-13H,7-8H2,1-4H3,(H,16,17). The van der Waals surface area contributed by atoms with Gasteiger partial charge in [0.2, 0.25) is 0 Å². The van der Waals surface area contributed by atoms with E-state index in [9.17, 15) is 4.79 Å². The molecule has 0 aliphatic heterocycles. The molecule has 0 saturated carbocycles. The van der Waals surface area contributed by atoms with Crippen LogP contribution in [0, 0.1) is 19.8 Å². The summed E-state index contributed by atoms with van der Waals surface area (Å²) in [6, 6.07) is 6.11. The quantitative estimate of drug-likeness (QED) is 0.839. The van der Waals surface area contributed by atoms with E-state index in [4.69, 9.17) is 9.84 Å². The highest BCUT2D eigenvalue weighted by molar-refractivity contribution is 5.69. The molecule has 0 spiro atoms. The first-order valence-corrected chi connectivity index (χ1v) is 6.37. The summed E-state index contributed by atoms with van der Waals surface area (Å²) < 4.78 is 5.86. The lowest BCUT2D eigenvalue weighted by Gasteiger charge is -2.17. The molecule has 3 nitrogen and oxygen atoms in total. The lowest BCUT2D eigenvalue weighted by atomic mass is 10.0. The van der Waals surface area contributed by atoms with Gasteiger partial charge in [-0.25, -0.2) is 0 Å². The number of ether oxygens (including phenoxy) is 1. The van der Waals surface area contributed by atoms with Gasteiger partial charge in [-0.3, -0.25) is 4.79 Å². The topological polar surface area (TPSA) is 46.5 Å². The van der Waals surface area contributed by atoms with Crippen LogP contribution in [0.5, 0.6) is 5.75 Å². The highest BCUT2D eigenvalue weighted by Crippen LogP contribution is 2.22. The minimum Gasteiger partial charge on any atom is -0.490 e. The third kappa shape index (κ3) is 4.40. The van der Waals surface area contributed by atoms with Gasteiger partial charge in [0.1, 0.15) is 5.75 Å². The van der Waals surface area contributed by atoms with Gasteiger partial charge in [-0.15, -0.1) is 0 Å². The fraction of sp³-hybridized carbons (Fsp3) is 0.533. The molecule has 0 aliphatic rings. The van der Waals surface area contributed by atoms with E-state index >= 15 is 0 Å². The molecule has 1 rings (SSSR count). The fourth-order valence-electron chi connectivity index (χ4n) is 1.72. The third-order valence-corrected chi connectivity index (χ3v) is 3.10. The third-order valence-electron chi connectivity index (χ3n) is 3.10. The van der Waals surface area contributed by atoms with Crippen molar-refractivity contribution in [2.75, 3.05) is 0 Å². The molecular weight excluding hydrogens is 228 g/mol. The van der Waals surface area contributed by atoms with Crippen molar-refractivity contribution in [3.8, 4) is 5.75 Å². The fourth-order valence-corrected chi connectivity index (χ4v) is 1.72.